The molecule has 0 bridgehead atoms. The van der Waals surface area contributed by atoms with E-state index in [2.05, 4.69) is 5.10 Å². The summed E-state index contributed by atoms with van der Waals surface area (Å²) in [5.41, 5.74) is 7.54. The van der Waals surface area contributed by atoms with Gasteiger partial charge >= 0.3 is 0 Å². The highest BCUT2D eigenvalue weighted by molar-refractivity contribution is 6.31. The zero-order valence-electron chi connectivity index (χ0n) is 8.56. The van der Waals surface area contributed by atoms with Crippen molar-refractivity contribution in [3.05, 3.63) is 16.4 Å². The minimum atomic E-state index is -0.246. The molecule has 74 valence electrons. The molecule has 1 rings (SSSR count). The SMILES string of the molecule is Cc1nn(C)c(CC(C)(C)N)c1Cl. The lowest BCUT2D eigenvalue weighted by Crippen LogP contribution is -2.35. The minimum Gasteiger partial charge on any atom is -0.325 e. The predicted molar refractivity (Wildman–Crippen MR) is 54.9 cm³/mol. The third-order valence-electron chi connectivity index (χ3n) is 1.88. The molecule has 0 radical (unpaired) electrons. The van der Waals surface area contributed by atoms with E-state index in [-0.39, 0.29) is 5.54 Å². The molecule has 3 nitrogen and oxygen atoms in total. The van der Waals surface area contributed by atoms with Gasteiger partial charge in [0.1, 0.15) is 0 Å². The Morgan fingerprint density at radius 3 is 2.38 bits per heavy atom. The van der Waals surface area contributed by atoms with Crippen LogP contribution in [0.15, 0.2) is 0 Å². The second kappa shape index (κ2) is 3.31. The molecule has 0 unspecified atom stereocenters. The standard InChI is InChI=1S/C9H16ClN3/c1-6-8(10)7(13(4)12-6)5-9(2,3)11/h5,11H2,1-4H3. The fourth-order valence-corrected chi connectivity index (χ4v) is 1.53. The number of hydrogen-bond donors (Lipinski definition) is 1. The van der Waals surface area contributed by atoms with Crippen molar-refractivity contribution in [1.29, 1.82) is 0 Å². The Bertz CT molecular complexity index is 309. The highest BCUT2D eigenvalue weighted by Gasteiger charge is 2.18. The molecule has 0 saturated heterocycles. The number of rotatable bonds is 2. The van der Waals surface area contributed by atoms with E-state index in [1.54, 1.807) is 4.68 Å². The van der Waals surface area contributed by atoms with Crippen LogP contribution in [0.25, 0.3) is 0 Å². The molecule has 2 N–H and O–H groups in total. The number of aryl methyl sites for hydroxylation is 2. The van der Waals surface area contributed by atoms with Gasteiger partial charge in [0.15, 0.2) is 0 Å². The summed E-state index contributed by atoms with van der Waals surface area (Å²) >= 11 is 6.08. The Morgan fingerprint density at radius 2 is 2.08 bits per heavy atom. The Hall–Kier alpha value is -0.540. The van der Waals surface area contributed by atoms with Crippen LogP contribution in [0, 0.1) is 6.92 Å². The first-order valence-electron chi connectivity index (χ1n) is 4.28. The minimum absolute atomic E-state index is 0.246. The zero-order valence-corrected chi connectivity index (χ0v) is 9.31. The van der Waals surface area contributed by atoms with Crippen LogP contribution in [0.4, 0.5) is 0 Å². The van der Waals surface area contributed by atoms with Crippen LogP contribution >= 0.6 is 11.6 Å². The monoisotopic (exact) mass is 201 g/mol. The van der Waals surface area contributed by atoms with Crippen LogP contribution in [0.5, 0.6) is 0 Å². The lowest BCUT2D eigenvalue weighted by molar-refractivity contribution is 0.495. The fourth-order valence-electron chi connectivity index (χ4n) is 1.30. The maximum Gasteiger partial charge on any atom is 0.0847 e. The third-order valence-corrected chi connectivity index (χ3v) is 2.38. The van der Waals surface area contributed by atoms with Crippen molar-refractivity contribution in [2.45, 2.75) is 32.7 Å². The number of halogens is 1. The smallest absolute Gasteiger partial charge is 0.0847 e. The van der Waals surface area contributed by atoms with Crippen molar-refractivity contribution in [3.63, 3.8) is 0 Å². The largest absolute Gasteiger partial charge is 0.325 e. The summed E-state index contributed by atoms with van der Waals surface area (Å²) in [4.78, 5) is 0. The van der Waals surface area contributed by atoms with E-state index >= 15 is 0 Å². The summed E-state index contributed by atoms with van der Waals surface area (Å²) in [5, 5.41) is 4.96. The van der Waals surface area contributed by atoms with Gasteiger partial charge in [-0.1, -0.05) is 11.6 Å². The van der Waals surface area contributed by atoms with Crippen molar-refractivity contribution < 1.29 is 0 Å². The van der Waals surface area contributed by atoms with Crippen LogP contribution in [0.1, 0.15) is 25.2 Å². The summed E-state index contributed by atoms with van der Waals surface area (Å²) < 4.78 is 1.80. The average Bonchev–Trinajstić information content (AvgIpc) is 2.14. The second-order valence-corrected chi connectivity index (χ2v) is 4.51. The van der Waals surface area contributed by atoms with E-state index in [9.17, 15) is 0 Å². The van der Waals surface area contributed by atoms with Gasteiger partial charge in [0.2, 0.25) is 0 Å². The van der Waals surface area contributed by atoms with Gasteiger partial charge in [-0.15, -0.1) is 0 Å². The number of nitrogens with two attached hydrogens (primary N) is 1. The van der Waals surface area contributed by atoms with E-state index in [1.165, 1.54) is 0 Å². The molecule has 0 atom stereocenters. The van der Waals surface area contributed by atoms with Gasteiger partial charge in [-0.25, -0.2) is 0 Å². The highest BCUT2D eigenvalue weighted by atomic mass is 35.5. The fraction of sp³-hybridized carbons (Fsp3) is 0.667. The molecule has 1 heterocycles. The normalized spacial score (nSPS) is 12.2. The number of hydrogen-bond acceptors (Lipinski definition) is 2. The summed E-state index contributed by atoms with van der Waals surface area (Å²) in [6.07, 6.45) is 0.739. The van der Waals surface area contributed by atoms with Gasteiger partial charge in [-0.05, 0) is 20.8 Å². The average molecular weight is 202 g/mol. The first kappa shape index (κ1) is 10.5. The van der Waals surface area contributed by atoms with E-state index < -0.39 is 0 Å². The van der Waals surface area contributed by atoms with Gasteiger partial charge in [0.05, 0.1) is 16.4 Å². The summed E-state index contributed by atoms with van der Waals surface area (Å²) in [7, 11) is 1.89. The molecular weight excluding hydrogens is 186 g/mol. The van der Waals surface area contributed by atoms with Crippen molar-refractivity contribution >= 4 is 11.6 Å². The first-order chi connectivity index (χ1) is 5.81. The summed E-state index contributed by atoms with van der Waals surface area (Å²) in [5.74, 6) is 0. The van der Waals surface area contributed by atoms with Gasteiger partial charge in [0.25, 0.3) is 0 Å². The van der Waals surface area contributed by atoms with Gasteiger partial charge in [-0.3, -0.25) is 4.68 Å². The van der Waals surface area contributed by atoms with Gasteiger partial charge in [-0.2, -0.15) is 5.10 Å². The zero-order chi connectivity index (χ0) is 10.2. The molecule has 13 heavy (non-hydrogen) atoms. The van der Waals surface area contributed by atoms with Crippen molar-refractivity contribution in [1.82, 2.24) is 9.78 Å². The Morgan fingerprint density at radius 1 is 1.54 bits per heavy atom. The lowest BCUT2D eigenvalue weighted by atomic mass is 10.00. The first-order valence-corrected chi connectivity index (χ1v) is 4.66. The quantitative estimate of drug-likeness (QED) is 0.791. The molecule has 0 aliphatic rings. The maximum absolute atomic E-state index is 6.08. The number of nitrogens with zero attached hydrogens (tertiary/aromatic N) is 2. The van der Waals surface area contributed by atoms with Gasteiger partial charge < -0.3 is 5.73 Å². The van der Waals surface area contributed by atoms with Crippen LogP contribution in [-0.4, -0.2) is 15.3 Å². The molecule has 0 saturated carbocycles. The Kier molecular flexibility index (Phi) is 2.68. The van der Waals surface area contributed by atoms with E-state index in [4.69, 9.17) is 17.3 Å². The van der Waals surface area contributed by atoms with E-state index in [0.717, 1.165) is 22.8 Å². The molecule has 0 aliphatic carbocycles. The van der Waals surface area contributed by atoms with Crippen LogP contribution in [0.3, 0.4) is 0 Å². The third kappa shape index (κ3) is 2.45. The molecule has 0 amide bonds. The Labute approximate surface area is 83.9 Å². The molecular formula is C9H16ClN3. The predicted octanol–water partition coefficient (Wildman–Crippen LogP) is 1.66. The lowest BCUT2D eigenvalue weighted by Gasteiger charge is -2.18. The molecule has 0 aromatic carbocycles. The van der Waals surface area contributed by atoms with Crippen LogP contribution in [-0.2, 0) is 13.5 Å². The summed E-state index contributed by atoms with van der Waals surface area (Å²) in [6.45, 7) is 5.85. The Balaban J connectivity index is 3.01. The molecule has 4 heteroatoms. The molecule has 1 aromatic heterocycles. The van der Waals surface area contributed by atoms with Crippen molar-refractivity contribution in [2.24, 2.45) is 12.8 Å². The van der Waals surface area contributed by atoms with Crippen LogP contribution in [0.2, 0.25) is 5.02 Å². The highest BCUT2D eigenvalue weighted by Crippen LogP contribution is 2.22. The van der Waals surface area contributed by atoms with Crippen molar-refractivity contribution in [2.75, 3.05) is 0 Å². The van der Waals surface area contributed by atoms with Crippen molar-refractivity contribution in [3.8, 4) is 0 Å². The van der Waals surface area contributed by atoms with E-state index in [0.29, 0.717) is 0 Å². The maximum atomic E-state index is 6.08. The molecule has 1 aromatic rings. The van der Waals surface area contributed by atoms with Crippen LogP contribution < -0.4 is 5.73 Å². The van der Waals surface area contributed by atoms with E-state index in [1.807, 2.05) is 27.8 Å². The summed E-state index contributed by atoms with van der Waals surface area (Å²) in [6, 6.07) is 0. The molecule has 0 aliphatic heterocycles. The topological polar surface area (TPSA) is 43.8 Å². The number of aromatic nitrogens is 2. The van der Waals surface area contributed by atoms with Gasteiger partial charge in [0, 0.05) is 19.0 Å². The molecule has 0 fully saturated rings. The molecule has 0 spiro atoms. The second-order valence-electron chi connectivity index (χ2n) is 4.14.